The highest BCUT2D eigenvalue weighted by Gasteiger charge is 2.24. The van der Waals surface area contributed by atoms with E-state index in [1.165, 1.54) is 43.7 Å². The van der Waals surface area contributed by atoms with E-state index in [1.54, 1.807) is 6.07 Å². The van der Waals surface area contributed by atoms with Gasteiger partial charge >= 0.3 is 6.18 Å². The first-order chi connectivity index (χ1) is 20.9. The first-order valence-electron chi connectivity index (χ1n) is 14.5. The molecule has 4 aromatic rings. The summed E-state index contributed by atoms with van der Waals surface area (Å²) in [6.07, 6.45) is 4.83. The van der Waals surface area contributed by atoms with Crippen LogP contribution in [-0.2, 0) is 0 Å². The molecule has 1 aliphatic rings. The van der Waals surface area contributed by atoms with Gasteiger partial charge in [-0.05, 0) is 83.2 Å². The minimum atomic E-state index is -4.95. The molecule has 0 radical (unpaired) electrons. The lowest BCUT2D eigenvalue weighted by molar-refractivity contribution is -0.0696. The summed E-state index contributed by atoms with van der Waals surface area (Å²) in [5.41, 5.74) is 0.144. The molecular formula is C36H28F8. The second-order valence-electron chi connectivity index (χ2n) is 11.1. The fourth-order valence-corrected chi connectivity index (χ4v) is 5.78. The Morgan fingerprint density at radius 2 is 1.48 bits per heavy atom. The van der Waals surface area contributed by atoms with Gasteiger partial charge in [0.15, 0.2) is 0 Å². The number of allylic oxidation sites excluding steroid dienone is 2. The second kappa shape index (κ2) is 12.9. The molecule has 8 heteroatoms. The fraction of sp³-hybridized carbons (Fsp3) is 0.278. The Balaban J connectivity index is 1.41. The van der Waals surface area contributed by atoms with Crippen LogP contribution >= 0.6 is 0 Å². The first kappa shape index (κ1) is 31.3. The van der Waals surface area contributed by atoms with E-state index in [-0.39, 0.29) is 27.5 Å². The van der Waals surface area contributed by atoms with Gasteiger partial charge in [0.05, 0.1) is 11.1 Å². The summed E-state index contributed by atoms with van der Waals surface area (Å²) in [5.74, 6) is -2.43. The van der Waals surface area contributed by atoms with E-state index in [1.807, 2.05) is 0 Å². The molecule has 0 aliphatic heterocycles. The van der Waals surface area contributed by atoms with Crippen LogP contribution < -0.4 is 0 Å². The Labute approximate surface area is 250 Å². The van der Waals surface area contributed by atoms with E-state index in [0.717, 1.165) is 72.7 Å². The molecule has 0 fully saturated rings. The molecule has 0 aromatic heterocycles. The number of hydrogen-bond acceptors (Lipinski definition) is 0. The van der Waals surface area contributed by atoms with Crippen LogP contribution in [0.3, 0.4) is 0 Å². The Kier molecular flexibility index (Phi) is 9.15. The van der Waals surface area contributed by atoms with E-state index in [2.05, 4.69) is 13.0 Å². The lowest BCUT2D eigenvalue weighted by Gasteiger charge is -2.22. The van der Waals surface area contributed by atoms with Crippen molar-refractivity contribution in [3.05, 3.63) is 101 Å². The Morgan fingerprint density at radius 1 is 0.773 bits per heavy atom. The number of unbranched alkanes of at least 4 members (excludes halogenated alkanes) is 2. The minimum Gasteiger partial charge on any atom is -0.206 e. The number of alkyl halides is 3. The van der Waals surface area contributed by atoms with Crippen molar-refractivity contribution in [3.8, 4) is 34.1 Å². The van der Waals surface area contributed by atoms with Crippen molar-refractivity contribution in [3.63, 3.8) is 0 Å². The van der Waals surface area contributed by atoms with Crippen LogP contribution in [0.25, 0.3) is 38.6 Å². The van der Waals surface area contributed by atoms with Crippen LogP contribution in [0.5, 0.6) is 0 Å². The topological polar surface area (TPSA) is 0 Å². The van der Waals surface area contributed by atoms with Crippen molar-refractivity contribution in [1.29, 1.82) is 0 Å². The van der Waals surface area contributed by atoms with Crippen LogP contribution in [0, 0.1) is 46.8 Å². The monoisotopic (exact) mass is 612 g/mol. The summed E-state index contributed by atoms with van der Waals surface area (Å²) in [4.78, 5) is 0. The SMILES string of the molecule is CCCCCC1CC=C(c2ccc(-c3cc(F)c(-c4ccc5c(F)c(C#CC(F)(F)F)c(F)cc5c4)c(F)c3)c(F)c2)CC1. The van der Waals surface area contributed by atoms with Gasteiger partial charge in [-0.1, -0.05) is 68.9 Å². The average Bonchev–Trinajstić information content (AvgIpc) is 2.96. The lowest BCUT2D eigenvalue weighted by atomic mass is 9.83. The number of halogens is 8. The molecule has 4 aromatic carbocycles. The van der Waals surface area contributed by atoms with Crippen LogP contribution in [0.15, 0.2) is 60.7 Å². The van der Waals surface area contributed by atoms with Crippen molar-refractivity contribution >= 4 is 16.3 Å². The molecule has 44 heavy (non-hydrogen) atoms. The minimum absolute atomic E-state index is 0.0158. The molecule has 0 heterocycles. The van der Waals surface area contributed by atoms with E-state index >= 15 is 13.2 Å². The van der Waals surface area contributed by atoms with Gasteiger partial charge in [-0.3, -0.25) is 0 Å². The van der Waals surface area contributed by atoms with Crippen LogP contribution in [0.2, 0.25) is 0 Å². The van der Waals surface area contributed by atoms with E-state index in [9.17, 15) is 22.0 Å². The van der Waals surface area contributed by atoms with Crippen LogP contribution in [0.4, 0.5) is 35.1 Å². The number of rotatable bonds is 7. The molecule has 1 atom stereocenters. The van der Waals surface area contributed by atoms with E-state index < -0.39 is 46.4 Å². The Morgan fingerprint density at radius 3 is 2.11 bits per heavy atom. The smallest absolute Gasteiger partial charge is 0.206 e. The molecular weight excluding hydrogens is 584 g/mol. The van der Waals surface area contributed by atoms with Crippen molar-refractivity contribution in [1.82, 2.24) is 0 Å². The zero-order chi connectivity index (χ0) is 31.6. The maximum Gasteiger partial charge on any atom is 0.458 e. The Bertz CT molecular complexity index is 1780. The van der Waals surface area contributed by atoms with Gasteiger partial charge in [0.2, 0.25) is 0 Å². The molecule has 0 amide bonds. The van der Waals surface area contributed by atoms with Gasteiger partial charge in [0.25, 0.3) is 0 Å². The van der Waals surface area contributed by atoms with Gasteiger partial charge in [0, 0.05) is 16.9 Å². The van der Waals surface area contributed by atoms with E-state index in [4.69, 9.17) is 0 Å². The predicted octanol–water partition coefficient (Wildman–Crippen LogP) is 11.5. The maximum absolute atomic E-state index is 15.3. The van der Waals surface area contributed by atoms with Crippen molar-refractivity contribution in [2.75, 3.05) is 0 Å². The van der Waals surface area contributed by atoms with Crippen LogP contribution in [-0.4, -0.2) is 6.18 Å². The molecule has 1 aliphatic carbocycles. The molecule has 0 bridgehead atoms. The predicted molar refractivity (Wildman–Crippen MR) is 157 cm³/mol. The lowest BCUT2D eigenvalue weighted by Crippen LogP contribution is -2.05. The summed E-state index contributed by atoms with van der Waals surface area (Å²) in [6, 6.07) is 10.7. The van der Waals surface area contributed by atoms with Gasteiger partial charge in [0.1, 0.15) is 29.1 Å². The third-order valence-corrected chi connectivity index (χ3v) is 8.07. The maximum atomic E-state index is 15.3. The zero-order valence-electron chi connectivity index (χ0n) is 23.8. The van der Waals surface area contributed by atoms with Crippen molar-refractivity contribution in [2.24, 2.45) is 5.92 Å². The fourth-order valence-electron chi connectivity index (χ4n) is 5.78. The molecule has 0 nitrogen and oxygen atoms in total. The van der Waals surface area contributed by atoms with Gasteiger partial charge in [-0.2, -0.15) is 13.2 Å². The quantitative estimate of drug-likeness (QED) is 0.111. The molecule has 228 valence electrons. The third-order valence-electron chi connectivity index (χ3n) is 8.07. The third kappa shape index (κ3) is 6.83. The standard InChI is InChI=1S/C36H28F8/c1-2-3-4-5-21-6-8-22(9-7-21)23-10-12-27(30(37)17-23)26-19-32(39)34(33(40)20-26)24-11-13-28-25(16-24)18-31(38)29(35(28)41)14-15-36(42,43)44/h8,10-13,16-21H,2-7,9H2,1H3. The largest absolute Gasteiger partial charge is 0.458 e. The molecule has 1 unspecified atom stereocenters. The molecule has 0 spiro atoms. The molecule has 5 rings (SSSR count). The number of hydrogen-bond donors (Lipinski definition) is 0. The summed E-state index contributed by atoms with van der Waals surface area (Å²) < 4.78 is 112. The second-order valence-corrected chi connectivity index (χ2v) is 11.1. The molecule has 0 saturated heterocycles. The summed E-state index contributed by atoms with van der Waals surface area (Å²) in [6.45, 7) is 2.18. The normalized spacial score (nSPS) is 15.2. The average molecular weight is 613 g/mol. The number of benzene rings is 4. The van der Waals surface area contributed by atoms with Gasteiger partial charge < -0.3 is 0 Å². The summed E-state index contributed by atoms with van der Waals surface area (Å²) in [7, 11) is 0. The van der Waals surface area contributed by atoms with Crippen molar-refractivity contribution in [2.45, 2.75) is 58.0 Å². The van der Waals surface area contributed by atoms with Gasteiger partial charge in [-0.25, -0.2) is 22.0 Å². The van der Waals surface area contributed by atoms with Crippen molar-refractivity contribution < 1.29 is 35.1 Å². The first-order valence-corrected chi connectivity index (χ1v) is 14.5. The molecule has 0 N–H and O–H groups in total. The highest BCUT2D eigenvalue weighted by atomic mass is 19.4. The highest BCUT2D eigenvalue weighted by Crippen LogP contribution is 2.37. The summed E-state index contributed by atoms with van der Waals surface area (Å²) >= 11 is 0. The van der Waals surface area contributed by atoms with Crippen LogP contribution in [0.1, 0.15) is 63.0 Å². The zero-order valence-corrected chi connectivity index (χ0v) is 23.8. The molecule has 0 saturated carbocycles. The highest BCUT2D eigenvalue weighted by molar-refractivity contribution is 5.89. The summed E-state index contributed by atoms with van der Waals surface area (Å²) in [5, 5.41) is -0.412. The Hall–Kier alpha value is -4.12. The van der Waals surface area contributed by atoms with Gasteiger partial charge in [-0.15, -0.1) is 0 Å². The van der Waals surface area contributed by atoms with E-state index in [0.29, 0.717) is 5.92 Å². The number of fused-ring (bicyclic) bond motifs is 1.